The minimum Gasteiger partial charge on any atom is -0.387 e. The van der Waals surface area contributed by atoms with E-state index >= 15 is 0 Å². The Bertz CT molecular complexity index is 416. The Kier molecular flexibility index (Phi) is 15.0. The molecule has 1 heterocycles. The van der Waals surface area contributed by atoms with Crippen LogP contribution in [0, 0.1) is 0 Å². The maximum absolute atomic E-state index is 12.8. The van der Waals surface area contributed by atoms with Crippen molar-refractivity contribution < 1.29 is 42.0 Å². The molecule has 0 aromatic carbocycles. The highest BCUT2D eigenvalue weighted by Gasteiger charge is 2.55. The van der Waals surface area contributed by atoms with Gasteiger partial charge in [-0.2, -0.15) is 0 Å². The van der Waals surface area contributed by atoms with Crippen LogP contribution in [0.5, 0.6) is 0 Å². The fraction of sp³-hybridized carbons (Fsp3) is 0.947. The molecule has 8 atom stereocenters. The van der Waals surface area contributed by atoms with E-state index in [-0.39, 0.29) is 6.10 Å². The topological polar surface area (TPSA) is 77.5 Å². The van der Waals surface area contributed by atoms with Gasteiger partial charge in [-0.1, -0.05) is 0 Å². The summed E-state index contributed by atoms with van der Waals surface area (Å²) in [6.45, 7) is 9.47. The lowest BCUT2D eigenvalue weighted by Crippen LogP contribution is -2.36. The number of hydrogen-bond acceptors (Lipinski definition) is 6. The zero-order chi connectivity index (χ0) is 22.7. The summed E-state index contributed by atoms with van der Waals surface area (Å²) in [5.41, 5.74) is -0.630. The molecule has 170 valence electrons. The van der Waals surface area contributed by atoms with Crippen molar-refractivity contribution >= 4 is 5.78 Å². The average Bonchev–Trinajstić information content (AvgIpc) is 3.47. The molecule has 1 fully saturated rings. The van der Waals surface area contributed by atoms with E-state index in [1.165, 1.54) is 41.9 Å². The molecule has 0 aromatic heterocycles. The third-order valence-corrected chi connectivity index (χ3v) is 4.66. The van der Waals surface area contributed by atoms with Gasteiger partial charge < -0.3 is 24.1 Å². The predicted molar refractivity (Wildman–Crippen MR) is 101 cm³/mol. The molecule has 9 heteroatoms. The number of aliphatic hydroxyl groups excluding tert-OH is 1. The second-order valence-electron chi connectivity index (χ2n) is 6.74. The molecule has 8 unspecified atom stereocenters. The number of hydrogen-bond donors (Lipinski definition) is 1. The van der Waals surface area contributed by atoms with Gasteiger partial charge in [0.25, 0.3) is 0 Å². The van der Waals surface area contributed by atoms with Gasteiger partial charge in [0.2, 0.25) is 0 Å². The fourth-order valence-corrected chi connectivity index (χ4v) is 2.02. The first-order chi connectivity index (χ1) is 12.8. The van der Waals surface area contributed by atoms with Gasteiger partial charge in [-0.15, -0.1) is 0 Å². The number of epoxide rings is 1. The minimum atomic E-state index is -1.42. The number of alkyl halides is 3. The molecule has 6 nitrogen and oxygen atoms in total. The molecule has 0 aromatic rings. The van der Waals surface area contributed by atoms with E-state index in [1.54, 1.807) is 14.0 Å². The number of Topliss-reactive ketones (excluding diaryl/α,β-unsaturated/α-hetero) is 1. The van der Waals surface area contributed by atoms with Crippen molar-refractivity contribution in [3.8, 4) is 0 Å². The number of ether oxygens (including phenoxy) is 4. The van der Waals surface area contributed by atoms with Crippen molar-refractivity contribution in [2.45, 2.75) is 90.1 Å². The van der Waals surface area contributed by atoms with Crippen molar-refractivity contribution in [2.75, 3.05) is 27.9 Å². The van der Waals surface area contributed by atoms with Crippen LogP contribution in [0.4, 0.5) is 13.2 Å². The second-order valence-corrected chi connectivity index (χ2v) is 6.74. The lowest BCUT2D eigenvalue weighted by molar-refractivity contribution is -0.132. The first-order valence-electron chi connectivity index (χ1n) is 9.18. The quantitative estimate of drug-likeness (QED) is 0.580. The summed E-state index contributed by atoms with van der Waals surface area (Å²) in [7, 11) is 4.39. The van der Waals surface area contributed by atoms with E-state index in [2.05, 4.69) is 9.47 Å². The normalized spacial score (nSPS) is 25.5. The van der Waals surface area contributed by atoms with Crippen LogP contribution in [0.25, 0.3) is 0 Å². The fourth-order valence-electron chi connectivity index (χ4n) is 2.02. The third-order valence-electron chi connectivity index (χ3n) is 4.66. The zero-order valence-corrected chi connectivity index (χ0v) is 18.4. The molecule has 0 radical (unpaired) electrons. The molecule has 28 heavy (non-hydrogen) atoms. The van der Waals surface area contributed by atoms with Gasteiger partial charge in [-0.3, -0.25) is 4.79 Å². The van der Waals surface area contributed by atoms with Gasteiger partial charge in [0.05, 0.1) is 18.8 Å². The van der Waals surface area contributed by atoms with E-state index < -0.39 is 48.2 Å². The van der Waals surface area contributed by atoms with E-state index in [1.807, 2.05) is 6.92 Å². The van der Waals surface area contributed by atoms with Gasteiger partial charge in [-0.05, 0) is 41.5 Å². The standard InChI is InChI=1S/C7H13FO2.C6H13FO2.C6H11FO2/c1-5(8)7(4-10-7)6(2)9-3;2*1-4(7)6(8)5(2)9-3/h5-6H,4H2,1-3H3;4-6,8H,1-3H3;4-5H,1-3H3. The highest BCUT2D eigenvalue weighted by molar-refractivity contribution is 5.86. The minimum absolute atomic E-state index is 0.146. The maximum Gasteiger partial charge on any atom is 0.194 e. The van der Waals surface area contributed by atoms with Gasteiger partial charge in [0.15, 0.2) is 12.0 Å². The first kappa shape index (κ1) is 29.5. The maximum atomic E-state index is 12.8. The van der Waals surface area contributed by atoms with E-state index in [4.69, 9.17) is 14.6 Å². The van der Waals surface area contributed by atoms with Crippen LogP contribution in [-0.2, 0) is 23.7 Å². The molecule has 1 saturated heterocycles. The highest BCUT2D eigenvalue weighted by atomic mass is 19.1. The van der Waals surface area contributed by atoms with Crippen LogP contribution < -0.4 is 0 Å². The largest absolute Gasteiger partial charge is 0.387 e. The van der Waals surface area contributed by atoms with Crippen molar-refractivity contribution in [3.63, 3.8) is 0 Å². The van der Waals surface area contributed by atoms with E-state index in [0.717, 1.165) is 0 Å². The van der Waals surface area contributed by atoms with Crippen molar-refractivity contribution in [1.29, 1.82) is 0 Å². The summed E-state index contributed by atoms with van der Waals surface area (Å²) >= 11 is 0. The van der Waals surface area contributed by atoms with Crippen LogP contribution in [0.15, 0.2) is 0 Å². The number of carbonyl (C=O) groups excluding carboxylic acids is 1. The van der Waals surface area contributed by atoms with E-state index in [0.29, 0.717) is 6.61 Å². The second kappa shape index (κ2) is 14.3. The number of halogens is 3. The molecule has 0 aliphatic carbocycles. The van der Waals surface area contributed by atoms with Crippen molar-refractivity contribution in [1.82, 2.24) is 0 Å². The lowest BCUT2D eigenvalue weighted by Gasteiger charge is -2.19. The third kappa shape index (κ3) is 10.2. The zero-order valence-electron chi connectivity index (χ0n) is 18.4. The Morgan fingerprint density at radius 2 is 1.43 bits per heavy atom. The smallest absolute Gasteiger partial charge is 0.194 e. The van der Waals surface area contributed by atoms with Gasteiger partial charge >= 0.3 is 0 Å². The Hall–Kier alpha value is -0.740. The molecule has 1 N–H and O–H groups in total. The highest BCUT2D eigenvalue weighted by Crippen LogP contribution is 2.37. The molecule has 0 saturated carbocycles. The number of methoxy groups -OCH3 is 3. The lowest BCUT2D eigenvalue weighted by atomic mass is 10.0. The molecule has 1 aliphatic heterocycles. The monoisotopic (exact) mass is 418 g/mol. The van der Waals surface area contributed by atoms with Gasteiger partial charge in [0.1, 0.15) is 30.2 Å². The van der Waals surface area contributed by atoms with Crippen molar-refractivity contribution in [2.24, 2.45) is 0 Å². The molecule has 0 bridgehead atoms. The first-order valence-corrected chi connectivity index (χ1v) is 9.18. The molecule has 1 rings (SSSR count). The molecule has 1 aliphatic rings. The molecular weight excluding hydrogens is 381 g/mol. The Morgan fingerprint density at radius 3 is 1.54 bits per heavy atom. The SMILES string of the molecule is COC(C)C(=O)C(C)F.COC(C)C(O)C(C)F.COC(C)C1(C(C)F)CO1. The van der Waals surface area contributed by atoms with Crippen LogP contribution in [0.2, 0.25) is 0 Å². The Labute approximate surface area is 166 Å². The predicted octanol–water partition coefficient (Wildman–Crippen LogP) is 2.84. The number of carbonyl (C=O) groups is 1. The van der Waals surface area contributed by atoms with Crippen molar-refractivity contribution in [3.05, 3.63) is 0 Å². The van der Waals surface area contributed by atoms with Crippen LogP contribution in [0.3, 0.4) is 0 Å². The summed E-state index contributed by atoms with van der Waals surface area (Å²) in [5.74, 6) is -0.502. The summed E-state index contributed by atoms with van der Waals surface area (Å²) in [4.78, 5) is 10.6. The molecule has 0 spiro atoms. The van der Waals surface area contributed by atoms with E-state index in [9.17, 15) is 18.0 Å². The average molecular weight is 418 g/mol. The summed E-state index contributed by atoms with van der Waals surface area (Å²) in [5, 5.41) is 8.89. The van der Waals surface area contributed by atoms with Crippen LogP contribution in [0.1, 0.15) is 41.5 Å². The molecular formula is C19H37F3O6. The van der Waals surface area contributed by atoms with Gasteiger partial charge in [-0.25, -0.2) is 13.2 Å². The number of ketones is 1. The number of aliphatic hydroxyl groups is 1. The van der Waals surface area contributed by atoms with Gasteiger partial charge in [0, 0.05) is 21.3 Å². The Morgan fingerprint density at radius 1 is 0.964 bits per heavy atom. The van der Waals surface area contributed by atoms with Crippen LogP contribution >= 0.6 is 0 Å². The summed E-state index contributed by atoms with van der Waals surface area (Å²) in [6, 6.07) is 0. The Balaban J connectivity index is 0. The number of rotatable bonds is 9. The summed E-state index contributed by atoms with van der Waals surface area (Å²) in [6.07, 6.45) is -5.78. The summed E-state index contributed by atoms with van der Waals surface area (Å²) < 4.78 is 56.3. The van der Waals surface area contributed by atoms with Crippen LogP contribution in [-0.4, -0.2) is 87.4 Å². The molecule has 0 amide bonds.